The summed E-state index contributed by atoms with van der Waals surface area (Å²) >= 11 is 0. The Hall–Kier alpha value is -1.58. The summed E-state index contributed by atoms with van der Waals surface area (Å²) in [6.07, 6.45) is 9.12. The first-order valence-corrected chi connectivity index (χ1v) is 7.65. The number of aryl methyl sites for hydroxylation is 2. The van der Waals surface area contributed by atoms with Crippen molar-refractivity contribution < 1.29 is 9.90 Å². The van der Waals surface area contributed by atoms with Crippen molar-refractivity contribution in [1.29, 1.82) is 0 Å². The zero-order valence-corrected chi connectivity index (χ0v) is 12.1. The predicted octanol–water partition coefficient (Wildman–Crippen LogP) is 3.04. The van der Waals surface area contributed by atoms with Crippen LogP contribution in [-0.2, 0) is 12.8 Å². The number of fused-ring (bicyclic) bond motifs is 1. The van der Waals surface area contributed by atoms with Crippen molar-refractivity contribution in [3.05, 3.63) is 22.9 Å². The van der Waals surface area contributed by atoms with Crippen molar-refractivity contribution in [2.75, 3.05) is 11.9 Å². The molecule has 0 aliphatic heterocycles. The van der Waals surface area contributed by atoms with E-state index in [2.05, 4.69) is 4.90 Å². The molecule has 20 heavy (non-hydrogen) atoms. The summed E-state index contributed by atoms with van der Waals surface area (Å²) in [4.78, 5) is 18.3. The van der Waals surface area contributed by atoms with Gasteiger partial charge in [0.25, 0.3) is 0 Å². The molecule has 3 rings (SSSR count). The molecule has 1 N–H and O–H groups in total. The molecular formula is C16H22N2O2. The second-order valence-electron chi connectivity index (χ2n) is 6.03. The van der Waals surface area contributed by atoms with Gasteiger partial charge in [-0.2, -0.15) is 0 Å². The van der Waals surface area contributed by atoms with Gasteiger partial charge in [0.1, 0.15) is 11.4 Å². The minimum absolute atomic E-state index is 0.374. The fourth-order valence-corrected chi connectivity index (χ4v) is 3.53. The van der Waals surface area contributed by atoms with E-state index in [1.807, 2.05) is 13.1 Å². The van der Waals surface area contributed by atoms with Crippen molar-refractivity contribution in [3.63, 3.8) is 0 Å². The maximum absolute atomic E-state index is 11.5. The lowest BCUT2D eigenvalue weighted by atomic mass is 9.94. The number of pyridine rings is 1. The lowest BCUT2D eigenvalue weighted by molar-refractivity contribution is 0.0697. The number of aromatic nitrogens is 1. The van der Waals surface area contributed by atoms with Crippen LogP contribution in [0.15, 0.2) is 6.07 Å². The second kappa shape index (κ2) is 5.43. The van der Waals surface area contributed by atoms with Crippen molar-refractivity contribution in [2.45, 2.75) is 57.4 Å². The van der Waals surface area contributed by atoms with Crippen LogP contribution in [0.2, 0.25) is 0 Å². The first-order valence-electron chi connectivity index (χ1n) is 7.65. The Morgan fingerprint density at radius 3 is 2.70 bits per heavy atom. The topological polar surface area (TPSA) is 53.4 Å². The first-order chi connectivity index (χ1) is 9.66. The summed E-state index contributed by atoms with van der Waals surface area (Å²) in [6.45, 7) is 0. The zero-order valence-electron chi connectivity index (χ0n) is 12.1. The van der Waals surface area contributed by atoms with Gasteiger partial charge >= 0.3 is 5.97 Å². The van der Waals surface area contributed by atoms with E-state index in [4.69, 9.17) is 4.98 Å². The fraction of sp³-hybridized carbons (Fsp3) is 0.625. The van der Waals surface area contributed by atoms with Gasteiger partial charge in [0.2, 0.25) is 0 Å². The highest BCUT2D eigenvalue weighted by Gasteiger charge is 2.26. The molecule has 1 aromatic rings. The van der Waals surface area contributed by atoms with Crippen molar-refractivity contribution in [3.8, 4) is 0 Å². The largest absolute Gasteiger partial charge is 0.478 e. The molecule has 4 nitrogen and oxygen atoms in total. The normalized spacial score (nSPS) is 18.9. The van der Waals surface area contributed by atoms with E-state index in [9.17, 15) is 9.90 Å². The third-order valence-corrected chi connectivity index (χ3v) is 4.72. The lowest BCUT2D eigenvalue weighted by Gasteiger charge is -2.33. The van der Waals surface area contributed by atoms with Crippen LogP contribution in [0.1, 0.15) is 60.1 Å². The monoisotopic (exact) mass is 274 g/mol. The Morgan fingerprint density at radius 2 is 2.00 bits per heavy atom. The smallest absolute Gasteiger partial charge is 0.339 e. The molecule has 1 fully saturated rings. The summed E-state index contributed by atoms with van der Waals surface area (Å²) in [6, 6.07) is 2.29. The van der Waals surface area contributed by atoms with Crippen LogP contribution in [0.4, 0.5) is 5.82 Å². The number of carboxylic acids is 1. The van der Waals surface area contributed by atoms with Gasteiger partial charge < -0.3 is 10.0 Å². The SMILES string of the molecule is CN(c1nc2c(cc1C(=O)O)CCC2)C1CCCCC1. The summed E-state index contributed by atoms with van der Waals surface area (Å²) in [5.74, 6) is -0.185. The number of rotatable bonds is 3. The molecule has 1 saturated carbocycles. The van der Waals surface area contributed by atoms with Crippen molar-refractivity contribution in [1.82, 2.24) is 4.98 Å². The quantitative estimate of drug-likeness (QED) is 0.920. The molecule has 2 aliphatic rings. The van der Waals surface area contributed by atoms with Gasteiger partial charge in [-0.3, -0.25) is 0 Å². The molecule has 0 amide bonds. The molecular weight excluding hydrogens is 252 g/mol. The number of carbonyl (C=O) groups is 1. The van der Waals surface area contributed by atoms with Crippen LogP contribution in [0, 0.1) is 0 Å². The molecule has 108 valence electrons. The van der Waals surface area contributed by atoms with Crippen molar-refractivity contribution in [2.24, 2.45) is 0 Å². The number of hydrogen-bond donors (Lipinski definition) is 1. The Bertz CT molecular complexity index is 521. The fourth-order valence-electron chi connectivity index (χ4n) is 3.53. The van der Waals surface area contributed by atoms with Gasteiger partial charge in [-0.1, -0.05) is 19.3 Å². The standard InChI is InChI=1S/C16H22N2O2/c1-18(12-7-3-2-4-8-12)15-13(16(19)20)10-11-6-5-9-14(11)17-15/h10,12H,2-9H2,1H3,(H,19,20). The van der Waals surface area contributed by atoms with Crippen LogP contribution in [-0.4, -0.2) is 29.1 Å². The van der Waals surface area contributed by atoms with Gasteiger partial charge in [0.05, 0.1) is 0 Å². The molecule has 0 spiro atoms. The van der Waals surface area contributed by atoms with E-state index in [-0.39, 0.29) is 0 Å². The highest BCUT2D eigenvalue weighted by atomic mass is 16.4. The van der Waals surface area contributed by atoms with E-state index in [0.29, 0.717) is 17.4 Å². The zero-order chi connectivity index (χ0) is 14.1. The van der Waals surface area contributed by atoms with E-state index in [1.54, 1.807) is 0 Å². The van der Waals surface area contributed by atoms with E-state index < -0.39 is 5.97 Å². The van der Waals surface area contributed by atoms with Crippen LogP contribution in [0.5, 0.6) is 0 Å². The number of aromatic carboxylic acids is 1. The van der Waals surface area contributed by atoms with Crippen molar-refractivity contribution >= 4 is 11.8 Å². The van der Waals surface area contributed by atoms with Gasteiger partial charge in [0.15, 0.2) is 0 Å². The number of carboxylic acid groups (broad SMARTS) is 1. The minimum atomic E-state index is -0.857. The van der Waals surface area contributed by atoms with E-state index in [0.717, 1.165) is 43.4 Å². The third kappa shape index (κ3) is 2.39. The average Bonchev–Trinajstić information content (AvgIpc) is 2.93. The molecule has 0 bridgehead atoms. The van der Waals surface area contributed by atoms with E-state index in [1.165, 1.54) is 19.3 Å². The second-order valence-corrected chi connectivity index (χ2v) is 6.03. The van der Waals surface area contributed by atoms with E-state index >= 15 is 0 Å². The minimum Gasteiger partial charge on any atom is -0.478 e. The van der Waals surface area contributed by atoms with Gasteiger partial charge in [-0.05, 0) is 43.7 Å². The highest BCUT2D eigenvalue weighted by molar-refractivity contribution is 5.93. The van der Waals surface area contributed by atoms with Crippen LogP contribution in [0.3, 0.4) is 0 Å². The number of hydrogen-bond acceptors (Lipinski definition) is 3. The maximum Gasteiger partial charge on any atom is 0.339 e. The molecule has 0 aromatic carbocycles. The number of nitrogens with zero attached hydrogens (tertiary/aromatic N) is 2. The summed E-state index contributed by atoms with van der Waals surface area (Å²) in [5, 5.41) is 9.48. The highest BCUT2D eigenvalue weighted by Crippen LogP contribution is 2.31. The maximum atomic E-state index is 11.5. The summed E-state index contributed by atoms with van der Waals surface area (Å²) in [5.41, 5.74) is 2.61. The Balaban J connectivity index is 1.96. The van der Waals surface area contributed by atoms with Crippen LogP contribution < -0.4 is 4.90 Å². The van der Waals surface area contributed by atoms with Gasteiger partial charge in [-0.15, -0.1) is 0 Å². The Kier molecular flexibility index (Phi) is 3.64. The number of anilines is 1. The lowest BCUT2D eigenvalue weighted by Crippen LogP contribution is -2.35. The molecule has 1 aromatic heterocycles. The first kappa shape index (κ1) is 13.4. The molecule has 0 saturated heterocycles. The third-order valence-electron chi connectivity index (χ3n) is 4.72. The summed E-state index contributed by atoms with van der Waals surface area (Å²) < 4.78 is 0. The van der Waals surface area contributed by atoms with Crippen LogP contribution in [0.25, 0.3) is 0 Å². The molecule has 2 aliphatic carbocycles. The van der Waals surface area contributed by atoms with Gasteiger partial charge in [-0.25, -0.2) is 9.78 Å². The average molecular weight is 274 g/mol. The predicted molar refractivity (Wildman–Crippen MR) is 78.5 cm³/mol. The van der Waals surface area contributed by atoms with Crippen LogP contribution >= 0.6 is 0 Å². The molecule has 0 unspecified atom stereocenters. The Labute approximate surface area is 119 Å². The Morgan fingerprint density at radius 1 is 1.25 bits per heavy atom. The molecule has 0 atom stereocenters. The van der Waals surface area contributed by atoms with Gasteiger partial charge in [0, 0.05) is 18.8 Å². The summed E-state index contributed by atoms with van der Waals surface area (Å²) in [7, 11) is 2.01. The molecule has 4 heteroatoms. The molecule has 1 heterocycles. The molecule has 0 radical (unpaired) electrons.